The van der Waals surface area contributed by atoms with Crippen molar-refractivity contribution in [2.24, 2.45) is 0 Å². The van der Waals surface area contributed by atoms with E-state index >= 15 is 0 Å². The number of aromatic nitrogens is 2. The highest BCUT2D eigenvalue weighted by Gasteiger charge is 2.09. The van der Waals surface area contributed by atoms with Gasteiger partial charge in [0.15, 0.2) is 5.16 Å². The number of carbonyl (C=O) groups excluding carboxylic acids is 1. The van der Waals surface area contributed by atoms with Gasteiger partial charge in [0.25, 0.3) is 0 Å². The van der Waals surface area contributed by atoms with Gasteiger partial charge in [-0.05, 0) is 30.7 Å². The molecule has 0 atom stereocenters. The van der Waals surface area contributed by atoms with Crippen molar-refractivity contribution in [2.75, 3.05) is 23.9 Å². The molecule has 2 aromatic rings. The van der Waals surface area contributed by atoms with Gasteiger partial charge in [0, 0.05) is 18.1 Å². The van der Waals surface area contributed by atoms with Gasteiger partial charge in [-0.1, -0.05) is 11.8 Å². The first-order valence-electron chi connectivity index (χ1n) is 6.23. The highest BCUT2D eigenvalue weighted by Crippen LogP contribution is 2.26. The molecule has 1 heterocycles. The van der Waals surface area contributed by atoms with Gasteiger partial charge in [-0.25, -0.2) is 9.97 Å². The lowest BCUT2D eigenvalue weighted by Crippen LogP contribution is -2.15. The van der Waals surface area contributed by atoms with E-state index in [9.17, 15) is 4.79 Å². The first kappa shape index (κ1) is 15.1. The summed E-state index contributed by atoms with van der Waals surface area (Å²) in [6.45, 7) is 1.91. The lowest BCUT2D eigenvalue weighted by molar-refractivity contribution is -0.113. The number of hydrogen-bond donors (Lipinski definition) is 2. The van der Waals surface area contributed by atoms with Gasteiger partial charge < -0.3 is 15.8 Å². The van der Waals surface area contributed by atoms with E-state index in [1.165, 1.54) is 18.9 Å². The predicted octanol–water partition coefficient (Wildman–Crippen LogP) is 2.11. The van der Waals surface area contributed by atoms with Gasteiger partial charge in [0.05, 0.1) is 18.6 Å². The molecule has 110 valence electrons. The second kappa shape index (κ2) is 6.94. The molecule has 3 N–H and O–H groups in total. The van der Waals surface area contributed by atoms with Crippen molar-refractivity contribution >= 4 is 29.0 Å². The topological polar surface area (TPSA) is 90.1 Å². The van der Waals surface area contributed by atoms with Crippen LogP contribution in [0.5, 0.6) is 5.75 Å². The molecule has 0 saturated carbocycles. The van der Waals surface area contributed by atoms with Crippen molar-refractivity contribution in [3.63, 3.8) is 0 Å². The Kier molecular flexibility index (Phi) is 4.99. The molecule has 0 aliphatic rings. The summed E-state index contributed by atoms with van der Waals surface area (Å²) in [4.78, 5) is 20.2. The second-order valence-electron chi connectivity index (χ2n) is 4.34. The number of amides is 1. The molecule has 0 fully saturated rings. The molecule has 21 heavy (non-hydrogen) atoms. The van der Waals surface area contributed by atoms with Crippen LogP contribution in [0, 0.1) is 6.92 Å². The summed E-state index contributed by atoms with van der Waals surface area (Å²) < 4.78 is 5.18. The van der Waals surface area contributed by atoms with Crippen LogP contribution < -0.4 is 15.8 Å². The molecule has 2 rings (SSSR count). The normalized spacial score (nSPS) is 10.2. The zero-order valence-electron chi connectivity index (χ0n) is 11.8. The quantitative estimate of drug-likeness (QED) is 0.499. The molecule has 7 heteroatoms. The zero-order valence-corrected chi connectivity index (χ0v) is 12.6. The lowest BCUT2D eigenvalue weighted by atomic mass is 10.2. The molecule has 1 aromatic carbocycles. The molecule has 1 amide bonds. The number of nitrogens with one attached hydrogen (secondary N) is 1. The number of ether oxygens (including phenoxy) is 1. The number of nitrogens with zero attached hydrogens (tertiary/aromatic N) is 2. The van der Waals surface area contributed by atoms with Crippen LogP contribution in [0.4, 0.5) is 11.4 Å². The third-order valence-corrected chi connectivity index (χ3v) is 3.46. The Labute approximate surface area is 127 Å². The van der Waals surface area contributed by atoms with Crippen molar-refractivity contribution < 1.29 is 9.53 Å². The maximum Gasteiger partial charge on any atom is 0.234 e. The van der Waals surface area contributed by atoms with E-state index < -0.39 is 0 Å². The van der Waals surface area contributed by atoms with Crippen LogP contribution in [0.25, 0.3) is 0 Å². The van der Waals surface area contributed by atoms with Crippen LogP contribution in [-0.4, -0.2) is 28.7 Å². The number of thioether (sulfide) groups is 1. The Morgan fingerprint density at radius 3 is 2.76 bits per heavy atom. The summed E-state index contributed by atoms with van der Waals surface area (Å²) in [6.07, 6.45) is 3.43. The fourth-order valence-corrected chi connectivity index (χ4v) is 2.18. The first-order chi connectivity index (χ1) is 10.1. The Morgan fingerprint density at radius 1 is 1.38 bits per heavy atom. The van der Waals surface area contributed by atoms with Gasteiger partial charge in [-0.3, -0.25) is 4.79 Å². The van der Waals surface area contributed by atoms with Gasteiger partial charge in [0.2, 0.25) is 5.91 Å². The number of anilines is 2. The average Bonchev–Trinajstić information content (AvgIpc) is 2.47. The van der Waals surface area contributed by atoms with Crippen LogP contribution >= 0.6 is 11.8 Å². The first-order valence-corrected chi connectivity index (χ1v) is 7.22. The van der Waals surface area contributed by atoms with Crippen molar-refractivity contribution in [1.82, 2.24) is 9.97 Å². The van der Waals surface area contributed by atoms with Crippen molar-refractivity contribution in [2.45, 2.75) is 12.1 Å². The van der Waals surface area contributed by atoms with Gasteiger partial charge in [-0.15, -0.1) is 0 Å². The summed E-state index contributed by atoms with van der Waals surface area (Å²) in [5.74, 6) is 0.600. The van der Waals surface area contributed by atoms with Crippen molar-refractivity contribution in [3.8, 4) is 5.75 Å². The van der Waals surface area contributed by atoms with E-state index in [4.69, 9.17) is 10.5 Å². The zero-order chi connectivity index (χ0) is 15.2. The van der Waals surface area contributed by atoms with Crippen molar-refractivity contribution in [3.05, 3.63) is 36.2 Å². The molecular weight excluding hydrogens is 288 g/mol. The minimum atomic E-state index is -0.173. The standard InChI is InChI=1S/C14H16N4O2S/c1-9-6-16-14(17-7-9)21-8-13(19)18-11-5-10(15)3-4-12(11)20-2/h3-7H,8,15H2,1-2H3,(H,18,19). The molecular formula is C14H16N4O2S. The van der Waals surface area contributed by atoms with E-state index in [-0.39, 0.29) is 11.7 Å². The number of aryl methyl sites for hydroxylation is 1. The summed E-state index contributed by atoms with van der Waals surface area (Å²) in [5.41, 5.74) is 7.79. The highest BCUT2D eigenvalue weighted by molar-refractivity contribution is 7.99. The number of carbonyl (C=O) groups is 1. The molecule has 0 aliphatic heterocycles. The van der Waals surface area contributed by atoms with E-state index in [1.807, 2.05) is 6.92 Å². The lowest BCUT2D eigenvalue weighted by Gasteiger charge is -2.10. The maximum absolute atomic E-state index is 11.9. The molecule has 0 radical (unpaired) electrons. The summed E-state index contributed by atoms with van der Waals surface area (Å²) in [7, 11) is 1.54. The van der Waals surface area contributed by atoms with Crippen LogP contribution in [0.3, 0.4) is 0 Å². The van der Waals surface area contributed by atoms with E-state index in [1.54, 1.807) is 30.6 Å². The summed E-state index contributed by atoms with van der Waals surface area (Å²) >= 11 is 1.27. The Morgan fingerprint density at radius 2 is 2.10 bits per heavy atom. The number of nitrogens with two attached hydrogens (primary N) is 1. The average molecular weight is 304 g/mol. The molecule has 0 saturated heterocycles. The number of methoxy groups -OCH3 is 1. The third-order valence-electron chi connectivity index (χ3n) is 2.59. The van der Waals surface area contributed by atoms with E-state index in [2.05, 4.69) is 15.3 Å². The summed E-state index contributed by atoms with van der Waals surface area (Å²) in [6, 6.07) is 5.08. The third kappa shape index (κ3) is 4.35. The van der Waals surface area contributed by atoms with E-state index in [0.717, 1.165) is 5.56 Å². The van der Waals surface area contributed by atoms with Gasteiger partial charge in [0.1, 0.15) is 5.75 Å². The molecule has 1 aromatic heterocycles. The smallest absolute Gasteiger partial charge is 0.234 e. The molecule has 0 bridgehead atoms. The highest BCUT2D eigenvalue weighted by atomic mass is 32.2. The Hall–Kier alpha value is -2.28. The predicted molar refractivity (Wildman–Crippen MR) is 83.5 cm³/mol. The SMILES string of the molecule is COc1ccc(N)cc1NC(=O)CSc1ncc(C)cn1. The van der Waals surface area contributed by atoms with E-state index in [0.29, 0.717) is 22.3 Å². The van der Waals surface area contributed by atoms with Crippen LogP contribution in [0.1, 0.15) is 5.56 Å². The minimum Gasteiger partial charge on any atom is -0.495 e. The largest absolute Gasteiger partial charge is 0.495 e. The fourth-order valence-electron chi connectivity index (χ4n) is 1.59. The fraction of sp³-hybridized carbons (Fsp3) is 0.214. The molecule has 6 nitrogen and oxygen atoms in total. The van der Waals surface area contributed by atoms with Crippen LogP contribution in [0.2, 0.25) is 0 Å². The number of rotatable bonds is 5. The van der Waals surface area contributed by atoms with Gasteiger partial charge >= 0.3 is 0 Å². The number of hydrogen-bond acceptors (Lipinski definition) is 6. The number of nitrogen functional groups attached to an aromatic ring is 1. The van der Waals surface area contributed by atoms with Crippen molar-refractivity contribution in [1.29, 1.82) is 0 Å². The molecule has 0 aliphatic carbocycles. The van der Waals surface area contributed by atoms with Crippen LogP contribution in [0.15, 0.2) is 35.7 Å². The van der Waals surface area contributed by atoms with Crippen LogP contribution in [-0.2, 0) is 4.79 Å². The van der Waals surface area contributed by atoms with Gasteiger partial charge in [-0.2, -0.15) is 0 Å². The maximum atomic E-state index is 11.9. The minimum absolute atomic E-state index is 0.173. The number of benzene rings is 1. The monoisotopic (exact) mass is 304 g/mol. The molecule has 0 spiro atoms. The second-order valence-corrected chi connectivity index (χ2v) is 5.28. The summed E-state index contributed by atoms with van der Waals surface area (Å²) in [5, 5.41) is 3.33. The molecule has 0 unspecified atom stereocenters. The Balaban J connectivity index is 1.95. The Bertz CT molecular complexity index is 631.